The van der Waals surface area contributed by atoms with E-state index in [9.17, 15) is 10.2 Å². The number of rotatable bonds is 2. The molecule has 2 aromatic carbocycles. The summed E-state index contributed by atoms with van der Waals surface area (Å²) in [6, 6.07) is 16.0. The predicted molar refractivity (Wildman–Crippen MR) is 88.1 cm³/mol. The summed E-state index contributed by atoms with van der Waals surface area (Å²) in [6.07, 6.45) is 1.73. The van der Waals surface area contributed by atoms with Gasteiger partial charge in [0.15, 0.2) is 5.65 Å². The van der Waals surface area contributed by atoms with E-state index in [0.717, 1.165) is 27.8 Å². The zero-order valence-electron chi connectivity index (χ0n) is 12.1. The molecule has 0 aliphatic heterocycles. The Balaban J connectivity index is 1.90. The first-order valence-corrected chi connectivity index (χ1v) is 7.13. The van der Waals surface area contributed by atoms with Crippen molar-refractivity contribution in [1.82, 2.24) is 15.2 Å². The lowest BCUT2D eigenvalue weighted by molar-refractivity contribution is 0.475. The number of fused-ring (bicyclic) bond motifs is 1. The third kappa shape index (κ3) is 2.38. The first kappa shape index (κ1) is 13.3. The second kappa shape index (κ2) is 5.14. The van der Waals surface area contributed by atoms with Crippen LogP contribution in [0.3, 0.4) is 0 Å². The standard InChI is InChI=1S/C18H13N3O2/c22-14-5-1-3-11(7-14)13-9-16-17(20-21-18(16)19-10-13)12-4-2-6-15(23)8-12/h1-10,22-23H,(H,19,20,21). The number of hydrogen-bond donors (Lipinski definition) is 3. The average molecular weight is 303 g/mol. The summed E-state index contributed by atoms with van der Waals surface area (Å²) in [4.78, 5) is 4.37. The number of aromatic nitrogens is 3. The van der Waals surface area contributed by atoms with Gasteiger partial charge in [-0.05, 0) is 35.9 Å². The quantitative estimate of drug-likeness (QED) is 0.527. The summed E-state index contributed by atoms with van der Waals surface area (Å²) < 4.78 is 0. The van der Waals surface area contributed by atoms with Crippen molar-refractivity contribution in [2.75, 3.05) is 0 Å². The lowest BCUT2D eigenvalue weighted by Gasteiger charge is -2.03. The molecule has 5 nitrogen and oxygen atoms in total. The van der Waals surface area contributed by atoms with Crippen LogP contribution >= 0.6 is 0 Å². The fourth-order valence-corrected chi connectivity index (χ4v) is 2.62. The smallest absolute Gasteiger partial charge is 0.181 e. The first-order chi connectivity index (χ1) is 11.2. The molecule has 0 unspecified atom stereocenters. The molecule has 4 aromatic rings. The number of aromatic hydroxyl groups is 2. The molecule has 0 saturated heterocycles. The van der Waals surface area contributed by atoms with Gasteiger partial charge in [-0.15, -0.1) is 0 Å². The molecular formula is C18H13N3O2. The molecule has 112 valence electrons. The third-order valence-electron chi connectivity index (χ3n) is 3.72. The summed E-state index contributed by atoms with van der Waals surface area (Å²) in [7, 11) is 0. The minimum atomic E-state index is 0.197. The summed E-state index contributed by atoms with van der Waals surface area (Å²) >= 11 is 0. The molecule has 0 aliphatic carbocycles. The van der Waals surface area contributed by atoms with Gasteiger partial charge < -0.3 is 10.2 Å². The van der Waals surface area contributed by atoms with Crippen molar-refractivity contribution in [2.45, 2.75) is 0 Å². The highest BCUT2D eigenvalue weighted by Crippen LogP contribution is 2.31. The molecule has 2 aromatic heterocycles. The predicted octanol–water partition coefficient (Wildman–Crippen LogP) is 3.70. The number of aromatic amines is 1. The van der Waals surface area contributed by atoms with Gasteiger partial charge in [-0.25, -0.2) is 4.98 Å². The largest absolute Gasteiger partial charge is 0.508 e. The molecule has 0 radical (unpaired) electrons. The number of nitrogens with zero attached hydrogens (tertiary/aromatic N) is 2. The van der Waals surface area contributed by atoms with Gasteiger partial charge in [-0.2, -0.15) is 5.10 Å². The average Bonchev–Trinajstić information content (AvgIpc) is 2.98. The fraction of sp³-hybridized carbons (Fsp3) is 0. The van der Waals surface area contributed by atoms with E-state index in [-0.39, 0.29) is 11.5 Å². The molecule has 0 aliphatic rings. The zero-order valence-corrected chi connectivity index (χ0v) is 12.1. The second-order valence-electron chi connectivity index (χ2n) is 5.29. The Kier molecular flexibility index (Phi) is 2.98. The van der Waals surface area contributed by atoms with Crippen molar-refractivity contribution in [1.29, 1.82) is 0 Å². The molecule has 0 spiro atoms. The first-order valence-electron chi connectivity index (χ1n) is 7.13. The molecule has 3 N–H and O–H groups in total. The number of benzene rings is 2. The normalized spacial score (nSPS) is 11.0. The number of hydrogen-bond acceptors (Lipinski definition) is 4. The van der Waals surface area contributed by atoms with Crippen molar-refractivity contribution in [2.24, 2.45) is 0 Å². The van der Waals surface area contributed by atoms with E-state index in [2.05, 4.69) is 15.2 Å². The van der Waals surface area contributed by atoms with E-state index in [1.807, 2.05) is 18.2 Å². The lowest BCUT2D eigenvalue weighted by atomic mass is 10.0. The molecule has 23 heavy (non-hydrogen) atoms. The van der Waals surface area contributed by atoms with Crippen LogP contribution in [0.5, 0.6) is 11.5 Å². The molecule has 0 atom stereocenters. The van der Waals surface area contributed by atoms with Gasteiger partial charge in [0, 0.05) is 22.7 Å². The molecule has 0 bridgehead atoms. The number of nitrogens with one attached hydrogen (secondary N) is 1. The van der Waals surface area contributed by atoms with Crippen molar-refractivity contribution in [3.8, 4) is 33.9 Å². The summed E-state index contributed by atoms with van der Waals surface area (Å²) in [6.45, 7) is 0. The maximum atomic E-state index is 9.67. The van der Waals surface area contributed by atoms with E-state index < -0.39 is 0 Å². The van der Waals surface area contributed by atoms with Crippen LogP contribution in [0.25, 0.3) is 33.4 Å². The highest BCUT2D eigenvalue weighted by Gasteiger charge is 2.11. The van der Waals surface area contributed by atoms with Crippen LogP contribution in [0.15, 0.2) is 60.8 Å². The maximum absolute atomic E-state index is 9.67. The zero-order chi connectivity index (χ0) is 15.8. The van der Waals surface area contributed by atoms with Crippen LogP contribution in [0.2, 0.25) is 0 Å². The van der Waals surface area contributed by atoms with Crippen molar-refractivity contribution in [3.05, 3.63) is 60.8 Å². The Hall–Kier alpha value is -3.34. The van der Waals surface area contributed by atoms with E-state index in [1.54, 1.807) is 42.6 Å². The Labute approximate surface area is 131 Å². The molecule has 0 saturated carbocycles. The van der Waals surface area contributed by atoms with Gasteiger partial charge in [0.1, 0.15) is 11.5 Å². The molecule has 0 fully saturated rings. The number of pyridine rings is 1. The van der Waals surface area contributed by atoms with Crippen molar-refractivity contribution in [3.63, 3.8) is 0 Å². The van der Waals surface area contributed by atoms with Crippen LogP contribution in [0.1, 0.15) is 0 Å². The van der Waals surface area contributed by atoms with Crippen molar-refractivity contribution < 1.29 is 10.2 Å². The lowest BCUT2D eigenvalue weighted by Crippen LogP contribution is -1.83. The molecule has 5 heteroatoms. The Morgan fingerprint density at radius 3 is 2.22 bits per heavy atom. The minimum absolute atomic E-state index is 0.197. The van der Waals surface area contributed by atoms with Crippen LogP contribution in [-0.2, 0) is 0 Å². The van der Waals surface area contributed by atoms with Crippen LogP contribution in [-0.4, -0.2) is 25.4 Å². The van der Waals surface area contributed by atoms with Crippen molar-refractivity contribution >= 4 is 11.0 Å². The van der Waals surface area contributed by atoms with Gasteiger partial charge in [0.05, 0.1) is 5.69 Å². The molecular weight excluding hydrogens is 290 g/mol. The van der Waals surface area contributed by atoms with Crippen LogP contribution < -0.4 is 0 Å². The van der Waals surface area contributed by atoms with E-state index in [1.165, 1.54) is 0 Å². The number of phenolic OH excluding ortho intramolecular Hbond substituents is 2. The van der Waals surface area contributed by atoms with Gasteiger partial charge in [0.25, 0.3) is 0 Å². The maximum Gasteiger partial charge on any atom is 0.181 e. The SMILES string of the molecule is Oc1cccc(-c2cnc3n[nH]c(-c4cccc(O)c4)c3c2)c1. The molecule has 2 heterocycles. The topological polar surface area (TPSA) is 82.0 Å². The van der Waals surface area contributed by atoms with Crippen LogP contribution in [0, 0.1) is 0 Å². The van der Waals surface area contributed by atoms with Gasteiger partial charge in [0.2, 0.25) is 0 Å². The molecule has 0 amide bonds. The third-order valence-corrected chi connectivity index (χ3v) is 3.72. The highest BCUT2D eigenvalue weighted by molar-refractivity contribution is 5.93. The fourth-order valence-electron chi connectivity index (χ4n) is 2.62. The van der Waals surface area contributed by atoms with Crippen LogP contribution in [0.4, 0.5) is 0 Å². The summed E-state index contributed by atoms with van der Waals surface area (Å²) in [5.74, 6) is 0.408. The highest BCUT2D eigenvalue weighted by atomic mass is 16.3. The Morgan fingerprint density at radius 1 is 0.783 bits per heavy atom. The van der Waals surface area contributed by atoms with Gasteiger partial charge >= 0.3 is 0 Å². The molecule has 4 rings (SSSR count). The monoisotopic (exact) mass is 303 g/mol. The Morgan fingerprint density at radius 2 is 1.48 bits per heavy atom. The summed E-state index contributed by atoms with van der Waals surface area (Å²) in [5.41, 5.74) is 4.00. The second-order valence-corrected chi connectivity index (χ2v) is 5.29. The number of H-pyrrole nitrogens is 1. The van der Waals surface area contributed by atoms with Gasteiger partial charge in [-0.1, -0.05) is 24.3 Å². The van der Waals surface area contributed by atoms with E-state index >= 15 is 0 Å². The number of phenols is 2. The summed E-state index contributed by atoms with van der Waals surface area (Å²) in [5, 5.41) is 27.4. The van der Waals surface area contributed by atoms with E-state index in [0.29, 0.717) is 5.65 Å². The Bertz CT molecular complexity index is 1010. The minimum Gasteiger partial charge on any atom is -0.508 e. The van der Waals surface area contributed by atoms with E-state index in [4.69, 9.17) is 0 Å². The van der Waals surface area contributed by atoms with Gasteiger partial charge in [-0.3, -0.25) is 5.10 Å².